The first-order chi connectivity index (χ1) is 12.4. The molecule has 0 amide bonds. The molecule has 0 aromatic carbocycles. The van der Waals surface area contributed by atoms with Crippen molar-refractivity contribution in [3.63, 3.8) is 0 Å². The summed E-state index contributed by atoms with van der Waals surface area (Å²) in [7, 11) is 0. The molecule has 0 radical (unpaired) electrons. The molecular weight excluding hydrogens is 433 g/mol. The van der Waals surface area contributed by atoms with Crippen LogP contribution in [0.3, 0.4) is 0 Å². The smallest absolute Gasteiger partial charge is 0.239 e. The third kappa shape index (κ3) is 40.3. The molecule has 0 unspecified atom stereocenters. The Balaban J connectivity index is 0. The van der Waals surface area contributed by atoms with Gasteiger partial charge in [0.25, 0.3) is 0 Å². The number of hydrogen-bond acceptors (Lipinski definition) is 1. The van der Waals surface area contributed by atoms with Gasteiger partial charge in [0.05, 0.1) is 0 Å². The van der Waals surface area contributed by atoms with Crippen molar-refractivity contribution in [3.05, 3.63) is 0 Å². The second-order valence-electron chi connectivity index (χ2n) is 7.52. The summed E-state index contributed by atoms with van der Waals surface area (Å²) in [6, 6.07) is 0. The van der Waals surface area contributed by atoms with Crippen LogP contribution in [0.4, 0.5) is 0 Å². The largest absolute Gasteiger partial charge is 0.338 e. The second kappa shape index (κ2) is 24.6. The summed E-state index contributed by atoms with van der Waals surface area (Å²) < 4.78 is 0. The van der Waals surface area contributed by atoms with E-state index in [2.05, 4.69) is 37.9 Å². The molecule has 0 saturated heterocycles. The van der Waals surface area contributed by atoms with Crippen LogP contribution in [0.1, 0.15) is 117 Å². The molecule has 0 aromatic rings. The zero-order valence-corrected chi connectivity index (χ0v) is 23.2. The first kappa shape index (κ1) is 29.7. The first-order valence-corrected chi connectivity index (χ1v) is 19.3. The fourth-order valence-corrected chi connectivity index (χ4v) is 6.86. The number of hydrogen-bond donors (Lipinski definition) is 3. The second-order valence-corrected chi connectivity index (χ2v) is 17.0. The Kier molecular flexibility index (Phi) is 28.1. The molecule has 0 aliphatic heterocycles. The summed E-state index contributed by atoms with van der Waals surface area (Å²) in [4.78, 5) is 15.7. The maximum absolute atomic E-state index is 7.87. The minimum absolute atomic E-state index is 0.0953. The van der Waals surface area contributed by atoms with Gasteiger partial charge in [-0.2, -0.15) is 0 Å². The van der Waals surface area contributed by atoms with E-state index in [1.54, 1.807) is 22.9 Å². The van der Waals surface area contributed by atoms with Crippen molar-refractivity contribution < 1.29 is 26.9 Å². The monoisotopic (exact) mass is 476 g/mol. The molecule has 2 nitrogen and oxygen atoms in total. The molecule has 0 aromatic heterocycles. The molecule has 2 N–H and O–H groups in total. The van der Waals surface area contributed by atoms with Crippen LogP contribution in [-0.4, -0.2) is 9.79 Å². The molecule has 0 atom stereocenters. The van der Waals surface area contributed by atoms with Crippen molar-refractivity contribution in [3.8, 4) is 0 Å². The molecule has 0 saturated carbocycles. The van der Waals surface area contributed by atoms with Crippen LogP contribution in [0.25, 0.3) is 0 Å². The molecule has 0 heterocycles. The van der Waals surface area contributed by atoms with Gasteiger partial charge < -0.3 is 9.79 Å². The summed E-state index contributed by atoms with van der Waals surface area (Å²) in [5.74, 6) is 0. The van der Waals surface area contributed by atoms with Crippen molar-refractivity contribution in [1.29, 1.82) is 0 Å². The first-order valence-electron chi connectivity index (χ1n) is 11.2. The molecule has 0 fully saturated rings. The van der Waals surface area contributed by atoms with Gasteiger partial charge in [-0.25, -0.2) is 0 Å². The molecule has 0 aliphatic rings. The third-order valence-electron chi connectivity index (χ3n) is 4.71. The van der Waals surface area contributed by atoms with E-state index in [1.165, 1.54) is 89.9 Å². The van der Waals surface area contributed by atoms with Gasteiger partial charge in [-0.05, 0) is 11.8 Å². The van der Waals surface area contributed by atoms with Gasteiger partial charge in [0.2, 0.25) is 5.69 Å². The van der Waals surface area contributed by atoms with Crippen LogP contribution in [0.2, 0.25) is 10.0 Å². The Bertz CT molecular complexity index is 275. The van der Waals surface area contributed by atoms with Crippen LogP contribution in [0.15, 0.2) is 0 Å². The molecule has 0 aliphatic carbocycles. The minimum Gasteiger partial charge on any atom is -0.338 e. The Morgan fingerprint density at radius 2 is 0.846 bits per heavy atom. The molecule has 26 heavy (non-hydrogen) atoms. The van der Waals surface area contributed by atoms with Gasteiger partial charge >= 0.3 is 144 Å². The topological polar surface area (TPSA) is 40.5 Å². The van der Waals surface area contributed by atoms with E-state index < -0.39 is 5.69 Å². The molecule has 156 valence electrons. The van der Waals surface area contributed by atoms with Crippen LogP contribution in [0, 0.1) is 0 Å². The van der Waals surface area contributed by atoms with Gasteiger partial charge in [-0.15, -0.1) is 0 Å². The van der Waals surface area contributed by atoms with Crippen molar-refractivity contribution >= 4 is 29.7 Å². The Labute approximate surface area is 182 Å². The fourth-order valence-electron chi connectivity index (χ4n) is 3.15. The SMILES string of the molecule is CCCCCCCCC[CH2][Zn][CH2]CCCCCCCCC.OP(O)(=S)S. The Hall–Kier alpha value is 1.54. The average Bonchev–Trinajstić information content (AvgIpc) is 2.56. The quantitative estimate of drug-likeness (QED) is 0.0804. The van der Waals surface area contributed by atoms with Crippen LogP contribution in [-0.2, 0) is 28.9 Å². The van der Waals surface area contributed by atoms with Gasteiger partial charge in [0, 0.05) is 0 Å². The van der Waals surface area contributed by atoms with Gasteiger partial charge in [0.1, 0.15) is 0 Å². The summed E-state index contributed by atoms with van der Waals surface area (Å²) in [6.45, 7) is 4.61. The van der Waals surface area contributed by atoms with E-state index in [0.717, 1.165) is 0 Å². The van der Waals surface area contributed by atoms with E-state index in [-0.39, 0.29) is 17.1 Å². The maximum atomic E-state index is 7.87. The Morgan fingerprint density at radius 1 is 0.615 bits per heavy atom. The molecule has 0 spiro atoms. The average molecular weight is 478 g/mol. The zero-order valence-electron chi connectivity index (χ0n) is 17.6. The predicted octanol–water partition coefficient (Wildman–Crippen LogP) is 8.31. The van der Waals surface area contributed by atoms with E-state index in [1.807, 2.05) is 0 Å². The van der Waals surface area contributed by atoms with Crippen molar-refractivity contribution in [2.24, 2.45) is 0 Å². The summed E-state index contributed by atoms with van der Waals surface area (Å²) >= 11 is 6.98. The summed E-state index contributed by atoms with van der Waals surface area (Å²) in [5, 5.41) is 3.36. The van der Waals surface area contributed by atoms with E-state index >= 15 is 0 Å². The Morgan fingerprint density at radius 3 is 1.12 bits per heavy atom. The van der Waals surface area contributed by atoms with Gasteiger partial charge in [-0.3, -0.25) is 0 Å². The minimum atomic E-state index is -3.11. The maximum Gasteiger partial charge on any atom is 0.239 e. The van der Waals surface area contributed by atoms with Crippen molar-refractivity contribution in [1.82, 2.24) is 0 Å². The molecular formula is C20H45O2PS2Zn. The van der Waals surface area contributed by atoms with E-state index in [0.29, 0.717) is 0 Å². The number of thiol groups is 1. The summed E-state index contributed by atoms with van der Waals surface area (Å²) in [5.41, 5.74) is -3.11. The van der Waals surface area contributed by atoms with Crippen molar-refractivity contribution in [2.45, 2.75) is 127 Å². The molecule has 6 heteroatoms. The number of unbranched alkanes of at least 4 members (excludes halogenated alkanes) is 14. The van der Waals surface area contributed by atoms with E-state index in [4.69, 9.17) is 9.79 Å². The zero-order chi connectivity index (χ0) is 19.9. The van der Waals surface area contributed by atoms with Crippen LogP contribution >= 0.6 is 17.9 Å². The number of rotatable bonds is 18. The van der Waals surface area contributed by atoms with Crippen LogP contribution in [0.5, 0.6) is 0 Å². The predicted molar refractivity (Wildman–Crippen MR) is 123 cm³/mol. The molecule has 0 rings (SSSR count). The van der Waals surface area contributed by atoms with Crippen molar-refractivity contribution in [2.75, 3.05) is 0 Å². The van der Waals surface area contributed by atoms with Gasteiger partial charge in [-0.1, -0.05) is 12.2 Å². The third-order valence-corrected chi connectivity index (χ3v) is 8.90. The van der Waals surface area contributed by atoms with E-state index in [9.17, 15) is 0 Å². The molecule has 0 bridgehead atoms. The normalized spacial score (nSPS) is 11.0. The van der Waals surface area contributed by atoms with Crippen LogP contribution < -0.4 is 0 Å². The van der Waals surface area contributed by atoms with Gasteiger partial charge in [0.15, 0.2) is 0 Å². The fraction of sp³-hybridized carbons (Fsp3) is 1.00. The summed E-state index contributed by atoms with van der Waals surface area (Å²) in [6.07, 6.45) is 23.9. The standard InChI is InChI=1S/2C10H21.H3O2PS2.Zn/c2*1-3-5-7-9-10-8-6-4-2;1-3(2,4)5;/h2*1,3-10H2,2H3;(H3,1,2,4,5);.